The van der Waals surface area contributed by atoms with Crippen LogP contribution in [0.15, 0.2) is 22.8 Å². The van der Waals surface area contributed by atoms with E-state index in [1.807, 2.05) is 0 Å². The van der Waals surface area contributed by atoms with Crippen LogP contribution in [0.4, 0.5) is 0 Å². The number of hydrogen-bond donors (Lipinski definition) is 0. The molecular formula is C23H45Cl2NSiTi. The summed E-state index contributed by atoms with van der Waals surface area (Å²) in [7, 11) is 0.750. The minimum absolute atomic E-state index is 0. The van der Waals surface area contributed by atoms with Crippen molar-refractivity contribution in [1.82, 2.24) is 0 Å². The minimum Gasteiger partial charge on any atom is -1.00 e. The topological polar surface area (TPSA) is 14.1 Å². The van der Waals surface area contributed by atoms with Crippen LogP contribution in [0.25, 0.3) is 5.32 Å². The van der Waals surface area contributed by atoms with Crippen molar-refractivity contribution in [2.45, 2.75) is 117 Å². The molecule has 5 heteroatoms. The molecule has 2 radical (unpaired) electrons. The van der Waals surface area contributed by atoms with E-state index in [1.54, 1.807) is 0 Å². The molecule has 0 aromatic heterocycles. The zero-order valence-corrected chi connectivity index (χ0v) is 23.9. The number of rotatable bonds is 12. The van der Waals surface area contributed by atoms with Crippen molar-refractivity contribution >= 4 is 9.52 Å². The number of hydrogen-bond acceptors (Lipinski definition) is 0. The predicted molar refractivity (Wildman–Crippen MR) is 119 cm³/mol. The van der Waals surface area contributed by atoms with Crippen LogP contribution >= 0.6 is 0 Å². The fraction of sp³-hybridized carbons (Fsp3) is 0.826. The van der Waals surface area contributed by atoms with Gasteiger partial charge in [-0.15, -0.1) is 6.54 Å². The van der Waals surface area contributed by atoms with E-state index in [0.29, 0.717) is 0 Å². The first-order valence-corrected chi connectivity index (χ1v) is 13.0. The van der Waals surface area contributed by atoms with E-state index in [2.05, 4.69) is 53.8 Å². The van der Waals surface area contributed by atoms with E-state index in [1.165, 1.54) is 80.9 Å². The third-order valence-electron chi connectivity index (χ3n) is 5.36. The number of halogens is 2. The zero-order chi connectivity index (χ0) is 19.1. The summed E-state index contributed by atoms with van der Waals surface area (Å²) in [4.78, 5) is 0. The van der Waals surface area contributed by atoms with Gasteiger partial charge in [0.05, 0.1) is 0 Å². The Morgan fingerprint density at radius 2 is 1.21 bits per heavy atom. The zero-order valence-electron chi connectivity index (χ0n) is 19.6. The molecule has 0 aromatic carbocycles. The normalized spacial score (nSPS) is 17.6. The van der Waals surface area contributed by atoms with Crippen LogP contribution in [0, 0.1) is 0 Å². The van der Waals surface area contributed by atoms with Gasteiger partial charge in [0.2, 0.25) is 0 Å². The van der Waals surface area contributed by atoms with Gasteiger partial charge >= 0.3 is 21.7 Å². The molecule has 164 valence electrons. The predicted octanol–water partition coefficient (Wildman–Crippen LogP) is 1.86. The number of unbranched alkanes of at least 4 members (excludes halogenated alkanes) is 9. The average Bonchev–Trinajstić information content (AvgIpc) is 2.77. The van der Waals surface area contributed by atoms with E-state index in [9.17, 15) is 0 Å². The van der Waals surface area contributed by atoms with Crippen molar-refractivity contribution in [3.8, 4) is 0 Å². The maximum Gasteiger partial charge on any atom is 3.00 e. The number of nitrogens with zero attached hydrogens (tertiary/aromatic N) is 1. The second kappa shape index (κ2) is 22.6. The molecule has 0 fully saturated rings. The van der Waals surface area contributed by atoms with Gasteiger partial charge in [-0.1, -0.05) is 119 Å². The molecule has 0 spiro atoms. The SMILES string of the molecule is CCCCCCCCCCCC[N-]C1(C)C=C(C)C(C)=C1C.C[SiH]C.[Cl-].[Cl-].[Ti+3]. The summed E-state index contributed by atoms with van der Waals surface area (Å²) >= 11 is 0. The Morgan fingerprint density at radius 1 is 0.821 bits per heavy atom. The summed E-state index contributed by atoms with van der Waals surface area (Å²) in [5.74, 6) is 0. The molecule has 0 N–H and O–H groups in total. The molecule has 0 aliphatic heterocycles. The summed E-state index contributed by atoms with van der Waals surface area (Å²) < 4.78 is 0. The summed E-state index contributed by atoms with van der Waals surface area (Å²) in [5, 5.41) is 4.97. The van der Waals surface area contributed by atoms with Crippen molar-refractivity contribution in [2.75, 3.05) is 6.54 Å². The molecule has 0 saturated carbocycles. The molecule has 0 saturated heterocycles. The Bertz CT molecular complexity index is 413. The van der Waals surface area contributed by atoms with Crippen molar-refractivity contribution < 1.29 is 46.5 Å². The van der Waals surface area contributed by atoms with Crippen molar-refractivity contribution in [1.29, 1.82) is 0 Å². The summed E-state index contributed by atoms with van der Waals surface area (Å²) in [6.07, 6.45) is 16.3. The van der Waals surface area contributed by atoms with E-state index in [0.717, 1.165) is 16.1 Å². The van der Waals surface area contributed by atoms with Gasteiger partial charge in [-0.25, -0.2) is 0 Å². The third kappa shape index (κ3) is 15.7. The van der Waals surface area contributed by atoms with E-state index in [4.69, 9.17) is 5.32 Å². The first-order chi connectivity index (χ1) is 11.9. The molecule has 1 unspecified atom stereocenters. The van der Waals surface area contributed by atoms with Gasteiger partial charge in [-0.3, -0.25) is 0 Å². The molecule has 0 heterocycles. The van der Waals surface area contributed by atoms with Crippen molar-refractivity contribution in [2.24, 2.45) is 0 Å². The maximum absolute atomic E-state index is 4.97. The molecule has 0 bridgehead atoms. The monoisotopic (exact) mass is 481 g/mol. The Morgan fingerprint density at radius 3 is 1.57 bits per heavy atom. The Labute approximate surface area is 207 Å². The second-order valence-corrected chi connectivity index (χ2v) is 9.02. The fourth-order valence-corrected chi connectivity index (χ4v) is 3.39. The van der Waals surface area contributed by atoms with Gasteiger partial charge in [-0.05, 0) is 20.8 Å². The molecule has 1 atom stereocenters. The molecule has 1 aliphatic carbocycles. The van der Waals surface area contributed by atoms with Crippen LogP contribution in [0.2, 0.25) is 13.1 Å². The van der Waals surface area contributed by atoms with E-state index in [-0.39, 0.29) is 52.1 Å². The van der Waals surface area contributed by atoms with Crippen molar-refractivity contribution in [3.63, 3.8) is 0 Å². The largest absolute Gasteiger partial charge is 3.00 e. The van der Waals surface area contributed by atoms with Crippen LogP contribution in [-0.2, 0) is 21.7 Å². The van der Waals surface area contributed by atoms with Gasteiger partial charge in [0.25, 0.3) is 0 Å². The third-order valence-corrected chi connectivity index (χ3v) is 5.36. The maximum atomic E-state index is 4.97. The molecular weight excluding hydrogens is 437 g/mol. The minimum atomic E-state index is -0.0204. The summed E-state index contributed by atoms with van der Waals surface area (Å²) in [6, 6.07) is 0. The summed E-state index contributed by atoms with van der Waals surface area (Å²) in [6.45, 7) is 16.7. The number of allylic oxidation sites excluding steroid dienone is 2. The summed E-state index contributed by atoms with van der Waals surface area (Å²) in [5.41, 5.74) is 4.27. The molecule has 0 aromatic rings. The molecule has 28 heavy (non-hydrogen) atoms. The quantitative estimate of drug-likeness (QED) is 0.298. The van der Waals surface area contributed by atoms with Crippen LogP contribution in [0.5, 0.6) is 0 Å². The van der Waals surface area contributed by atoms with Gasteiger partial charge in [0.15, 0.2) is 0 Å². The van der Waals surface area contributed by atoms with Gasteiger partial charge in [0.1, 0.15) is 0 Å². The van der Waals surface area contributed by atoms with Gasteiger partial charge < -0.3 is 30.1 Å². The van der Waals surface area contributed by atoms with Crippen LogP contribution in [0.3, 0.4) is 0 Å². The Balaban J connectivity index is -0.000000450. The van der Waals surface area contributed by atoms with Gasteiger partial charge in [0, 0.05) is 9.52 Å². The first-order valence-electron chi connectivity index (χ1n) is 10.7. The van der Waals surface area contributed by atoms with Crippen LogP contribution in [-0.4, -0.2) is 21.6 Å². The standard InChI is InChI=1S/C21H38N.C2H7Si.2ClH.Ti/c1-6-7-8-9-10-11-12-13-14-15-16-22-21(5)17-18(2)19(3)20(21)4;1-3-2;;;/h17H,6-16H2,1-5H3;3H,1-2H3;2*1H;/q-1;;;;+3/p-2. The van der Waals surface area contributed by atoms with Gasteiger partial charge in [-0.2, -0.15) is 0 Å². The molecule has 1 aliphatic rings. The van der Waals surface area contributed by atoms with E-state index >= 15 is 0 Å². The molecule has 0 amide bonds. The first kappa shape index (κ1) is 36.3. The van der Waals surface area contributed by atoms with Crippen molar-refractivity contribution in [3.05, 3.63) is 28.1 Å². The Kier molecular flexibility index (Phi) is 29.4. The molecule has 1 rings (SSSR count). The molecule has 1 nitrogen and oxygen atoms in total. The van der Waals surface area contributed by atoms with Crippen LogP contribution < -0.4 is 24.8 Å². The second-order valence-electron chi connectivity index (χ2n) is 7.87. The Hall–Kier alpha value is 0.951. The fourth-order valence-electron chi connectivity index (χ4n) is 3.39. The average molecular weight is 482 g/mol. The van der Waals surface area contributed by atoms with Crippen LogP contribution in [0.1, 0.15) is 98.8 Å². The smallest absolute Gasteiger partial charge is 1.00 e. The van der Waals surface area contributed by atoms with E-state index < -0.39 is 0 Å².